The Bertz CT molecular complexity index is 360. The number of hydrogen-bond acceptors (Lipinski definition) is 4. The standard InChI is InChI=1S/C13H19N3O/c1-16(12-4-7-14-8-5-12)10-13(17)9-11-3-2-6-15-11/h4-5,7-8,11,15H,2-3,6,9-10H2,1H3/t11-/m1/s1. The summed E-state index contributed by atoms with van der Waals surface area (Å²) in [6.07, 6.45) is 6.46. The van der Waals surface area contributed by atoms with Gasteiger partial charge in [-0.25, -0.2) is 0 Å². The first-order valence-electron chi connectivity index (χ1n) is 6.12. The van der Waals surface area contributed by atoms with Gasteiger partial charge in [0, 0.05) is 37.6 Å². The van der Waals surface area contributed by atoms with Gasteiger partial charge in [-0.3, -0.25) is 9.78 Å². The summed E-state index contributed by atoms with van der Waals surface area (Å²) in [4.78, 5) is 17.8. The fourth-order valence-corrected chi connectivity index (χ4v) is 2.22. The van der Waals surface area contributed by atoms with Crippen LogP contribution in [0.4, 0.5) is 5.69 Å². The summed E-state index contributed by atoms with van der Waals surface area (Å²) < 4.78 is 0. The van der Waals surface area contributed by atoms with Crippen molar-refractivity contribution in [2.45, 2.75) is 25.3 Å². The van der Waals surface area contributed by atoms with Gasteiger partial charge in [0.25, 0.3) is 0 Å². The topological polar surface area (TPSA) is 45.2 Å². The lowest BCUT2D eigenvalue weighted by atomic mass is 10.1. The Hall–Kier alpha value is -1.42. The van der Waals surface area contributed by atoms with Crippen molar-refractivity contribution in [3.8, 4) is 0 Å². The van der Waals surface area contributed by atoms with E-state index in [0.29, 0.717) is 24.8 Å². The fraction of sp³-hybridized carbons (Fsp3) is 0.538. The van der Waals surface area contributed by atoms with Crippen molar-refractivity contribution in [3.05, 3.63) is 24.5 Å². The number of likely N-dealkylation sites (N-methyl/N-ethyl adjacent to an activating group) is 1. The van der Waals surface area contributed by atoms with E-state index in [4.69, 9.17) is 0 Å². The van der Waals surface area contributed by atoms with Crippen LogP contribution in [0.15, 0.2) is 24.5 Å². The maximum absolute atomic E-state index is 11.9. The third-order valence-electron chi connectivity index (χ3n) is 3.15. The molecule has 17 heavy (non-hydrogen) atoms. The molecule has 4 nitrogen and oxygen atoms in total. The zero-order valence-electron chi connectivity index (χ0n) is 10.2. The molecular weight excluding hydrogens is 214 g/mol. The highest BCUT2D eigenvalue weighted by Crippen LogP contribution is 2.12. The van der Waals surface area contributed by atoms with E-state index in [-0.39, 0.29) is 0 Å². The van der Waals surface area contributed by atoms with E-state index in [1.54, 1.807) is 12.4 Å². The minimum atomic E-state index is 0.295. The molecule has 0 aliphatic carbocycles. The number of rotatable bonds is 5. The van der Waals surface area contributed by atoms with E-state index in [1.165, 1.54) is 6.42 Å². The monoisotopic (exact) mass is 233 g/mol. The van der Waals surface area contributed by atoms with Gasteiger partial charge < -0.3 is 10.2 Å². The van der Waals surface area contributed by atoms with E-state index in [2.05, 4.69) is 10.3 Å². The van der Waals surface area contributed by atoms with Crippen LogP contribution in [0, 0.1) is 0 Å². The van der Waals surface area contributed by atoms with Crippen molar-refractivity contribution in [1.82, 2.24) is 10.3 Å². The molecule has 0 radical (unpaired) electrons. The van der Waals surface area contributed by atoms with Crippen LogP contribution in [0.1, 0.15) is 19.3 Å². The number of aromatic nitrogens is 1. The average molecular weight is 233 g/mol. The first-order valence-corrected chi connectivity index (χ1v) is 6.12. The third-order valence-corrected chi connectivity index (χ3v) is 3.15. The van der Waals surface area contributed by atoms with Gasteiger partial charge in [-0.15, -0.1) is 0 Å². The first kappa shape index (κ1) is 12.0. The number of pyridine rings is 1. The Labute approximate surface area is 102 Å². The van der Waals surface area contributed by atoms with Crippen molar-refractivity contribution in [2.24, 2.45) is 0 Å². The summed E-state index contributed by atoms with van der Waals surface area (Å²) in [6.45, 7) is 1.53. The normalized spacial score (nSPS) is 19.2. The maximum atomic E-state index is 11.9. The van der Waals surface area contributed by atoms with Gasteiger partial charge in [-0.2, -0.15) is 0 Å². The van der Waals surface area contributed by atoms with E-state index in [9.17, 15) is 4.79 Å². The number of carbonyl (C=O) groups is 1. The highest BCUT2D eigenvalue weighted by molar-refractivity contribution is 5.83. The zero-order chi connectivity index (χ0) is 12.1. The molecule has 0 amide bonds. The summed E-state index contributed by atoms with van der Waals surface area (Å²) in [5.41, 5.74) is 1.03. The van der Waals surface area contributed by atoms with E-state index in [0.717, 1.165) is 18.7 Å². The molecule has 1 aliphatic heterocycles. The molecule has 1 atom stereocenters. The molecule has 2 heterocycles. The highest BCUT2D eigenvalue weighted by atomic mass is 16.1. The molecule has 0 spiro atoms. The van der Waals surface area contributed by atoms with Crippen LogP contribution in [0.25, 0.3) is 0 Å². The van der Waals surface area contributed by atoms with Gasteiger partial charge >= 0.3 is 0 Å². The summed E-state index contributed by atoms with van der Waals surface area (Å²) in [6, 6.07) is 4.23. The second-order valence-corrected chi connectivity index (χ2v) is 4.60. The second kappa shape index (κ2) is 5.77. The lowest BCUT2D eigenvalue weighted by Crippen LogP contribution is -2.31. The number of nitrogens with zero attached hydrogens (tertiary/aromatic N) is 2. The van der Waals surface area contributed by atoms with Crippen LogP contribution in [-0.2, 0) is 4.79 Å². The lowest BCUT2D eigenvalue weighted by Gasteiger charge is -2.19. The number of hydrogen-bond donors (Lipinski definition) is 1. The van der Waals surface area contributed by atoms with Crippen molar-refractivity contribution < 1.29 is 4.79 Å². The van der Waals surface area contributed by atoms with Gasteiger partial charge in [0.05, 0.1) is 6.54 Å². The molecule has 1 aliphatic rings. The minimum Gasteiger partial charge on any atom is -0.367 e. The van der Waals surface area contributed by atoms with Gasteiger partial charge in [0.15, 0.2) is 5.78 Å². The third kappa shape index (κ3) is 3.53. The van der Waals surface area contributed by atoms with E-state index in [1.807, 2.05) is 24.1 Å². The van der Waals surface area contributed by atoms with Crippen LogP contribution in [0.2, 0.25) is 0 Å². The highest BCUT2D eigenvalue weighted by Gasteiger charge is 2.18. The molecule has 0 unspecified atom stereocenters. The fourth-order valence-electron chi connectivity index (χ4n) is 2.22. The Balaban J connectivity index is 1.81. The van der Waals surface area contributed by atoms with Crippen LogP contribution in [0.5, 0.6) is 0 Å². The second-order valence-electron chi connectivity index (χ2n) is 4.60. The van der Waals surface area contributed by atoms with Gasteiger partial charge in [0.2, 0.25) is 0 Å². The quantitative estimate of drug-likeness (QED) is 0.831. The Kier molecular flexibility index (Phi) is 4.09. The zero-order valence-corrected chi connectivity index (χ0v) is 10.2. The molecule has 0 aromatic carbocycles. The average Bonchev–Trinajstić information content (AvgIpc) is 2.82. The predicted octanol–water partition coefficient (Wildman–Crippen LogP) is 1.23. The molecule has 0 bridgehead atoms. The smallest absolute Gasteiger partial charge is 0.153 e. The van der Waals surface area contributed by atoms with Crippen LogP contribution < -0.4 is 10.2 Å². The molecular formula is C13H19N3O. The van der Waals surface area contributed by atoms with Crippen molar-refractivity contribution >= 4 is 11.5 Å². The molecule has 1 saturated heterocycles. The number of nitrogens with one attached hydrogen (secondary N) is 1. The summed E-state index contributed by atoms with van der Waals surface area (Å²) in [7, 11) is 1.94. The van der Waals surface area contributed by atoms with Crippen LogP contribution in [0.3, 0.4) is 0 Å². The summed E-state index contributed by atoms with van der Waals surface area (Å²) in [5.74, 6) is 0.295. The lowest BCUT2D eigenvalue weighted by molar-refractivity contribution is -0.118. The molecule has 2 rings (SSSR count). The largest absolute Gasteiger partial charge is 0.367 e. The predicted molar refractivity (Wildman–Crippen MR) is 68.2 cm³/mol. The summed E-state index contributed by atoms with van der Waals surface area (Å²) >= 11 is 0. The number of carbonyl (C=O) groups excluding carboxylic acids is 1. The van der Waals surface area contributed by atoms with Gasteiger partial charge in [-0.1, -0.05) is 0 Å². The van der Waals surface area contributed by atoms with Gasteiger partial charge in [0.1, 0.15) is 0 Å². The molecule has 1 fully saturated rings. The first-order chi connectivity index (χ1) is 8.25. The molecule has 4 heteroatoms. The van der Waals surface area contributed by atoms with E-state index < -0.39 is 0 Å². The molecule has 1 aromatic heterocycles. The Morgan fingerprint density at radius 3 is 2.94 bits per heavy atom. The number of Topliss-reactive ketones (excluding diaryl/α,β-unsaturated/α-hetero) is 1. The van der Waals surface area contributed by atoms with Crippen molar-refractivity contribution in [2.75, 3.05) is 25.0 Å². The molecule has 0 saturated carbocycles. The van der Waals surface area contributed by atoms with Crippen molar-refractivity contribution in [1.29, 1.82) is 0 Å². The van der Waals surface area contributed by atoms with Gasteiger partial charge in [-0.05, 0) is 31.5 Å². The number of ketones is 1. The summed E-state index contributed by atoms with van der Waals surface area (Å²) in [5, 5.41) is 3.35. The van der Waals surface area contributed by atoms with E-state index >= 15 is 0 Å². The Morgan fingerprint density at radius 1 is 1.53 bits per heavy atom. The number of anilines is 1. The maximum Gasteiger partial charge on any atom is 0.153 e. The van der Waals surface area contributed by atoms with Crippen LogP contribution >= 0.6 is 0 Å². The molecule has 1 aromatic rings. The van der Waals surface area contributed by atoms with Crippen molar-refractivity contribution in [3.63, 3.8) is 0 Å². The van der Waals surface area contributed by atoms with Crippen LogP contribution in [-0.4, -0.2) is 36.9 Å². The Morgan fingerprint density at radius 2 is 2.29 bits per heavy atom. The minimum absolute atomic E-state index is 0.295. The molecule has 92 valence electrons. The molecule has 1 N–H and O–H groups in total. The SMILES string of the molecule is CN(CC(=O)C[C@H]1CCCN1)c1ccncc1.